The molecule has 0 saturated carbocycles. The summed E-state index contributed by atoms with van der Waals surface area (Å²) in [6.07, 6.45) is 0.370. The lowest BCUT2D eigenvalue weighted by Gasteiger charge is -2.32. The molecule has 14 heavy (non-hydrogen) atoms. The van der Waals surface area contributed by atoms with Gasteiger partial charge in [-0.2, -0.15) is 0 Å². The zero-order valence-corrected chi connectivity index (χ0v) is 8.49. The van der Waals surface area contributed by atoms with Gasteiger partial charge < -0.3 is 15.9 Å². The first-order chi connectivity index (χ1) is 6.40. The Balaban J connectivity index is 4.79. The third-order valence-electron chi connectivity index (χ3n) is 2.79. The summed E-state index contributed by atoms with van der Waals surface area (Å²) in [6, 6.07) is -0.840. The van der Waals surface area contributed by atoms with Crippen molar-refractivity contribution in [1.29, 1.82) is 0 Å². The van der Waals surface area contributed by atoms with Gasteiger partial charge in [-0.15, -0.1) is 0 Å². The first-order valence-corrected chi connectivity index (χ1v) is 4.61. The van der Waals surface area contributed by atoms with Crippen LogP contribution in [0.3, 0.4) is 0 Å². The Hall–Kier alpha value is -1.10. The number of hydrogen-bond donors (Lipinski definition) is 3. The van der Waals surface area contributed by atoms with Gasteiger partial charge in [0.1, 0.15) is 0 Å². The van der Waals surface area contributed by atoms with Gasteiger partial charge in [-0.05, 0) is 12.8 Å². The molecule has 0 aliphatic heterocycles. The zero-order valence-electron chi connectivity index (χ0n) is 8.49. The molecule has 0 spiro atoms. The highest BCUT2D eigenvalue weighted by Gasteiger charge is 2.41. The van der Waals surface area contributed by atoms with E-state index in [2.05, 4.69) is 0 Å². The van der Waals surface area contributed by atoms with E-state index < -0.39 is 23.4 Å². The van der Waals surface area contributed by atoms with Crippen molar-refractivity contribution >= 4 is 11.9 Å². The number of carboxylic acids is 2. The molecule has 1 atom stereocenters. The highest BCUT2D eigenvalue weighted by Crippen LogP contribution is 2.31. The number of nitrogens with two attached hydrogens (primary N) is 1. The summed E-state index contributed by atoms with van der Waals surface area (Å²) >= 11 is 0. The first kappa shape index (κ1) is 12.9. The van der Waals surface area contributed by atoms with Gasteiger partial charge in [0, 0.05) is 6.04 Å². The quantitative estimate of drug-likeness (QED) is 0.589. The Kier molecular flexibility index (Phi) is 4.56. The molecule has 0 aliphatic carbocycles. The molecule has 4 N–H and O–H groups in total. The minimum Gasteiger partial charge on any atom is -0.481 e. The maximum absolute atomic E-state index is 11.0. The van der Waals surface area contributed by atoms with E-state index in [0.29, 0.717) is 12.8 Å². The minimum absolute atomic E-state index is 0.312. The van der Waals surface area contributed by atoms with Crippen molar-refractivity contribution in [3.63, 3.8) is 0 Å². The van der Waals surface area contributed by atoms with Crippen LogP contribution >= 0.6 is 0 Å². The van der Waals surface area contributed by atoms with Crippen molar-refractivity contribution in [2.75, 3.05) is 0 Å². The third-order valence-corrected chi connectivity index (χ3v) is 2.79. The number of aliphatic carboxylic acids is 2. The molecule has 0 bridgehead atoms. The van der Waals surface area contributed by atoms with E-state index in [0.717, 1.165) is 0 Å². The average Bonchev–Trinajstić information content (AvgIpc) is 2.05. The second-order valence-corrected chi connectivity index (χ2v) is 3.37. The van der Waals surface area contributed by atoms with E-state index in [1.54, 1.807) is 13.8 Å². The molecule has 0 rings (SSSR count). The van der Waals surface area contributed by atoms with Crippen LogP contribution in [-0.4, -0.2) is 28.2 Å². The molecule has 0 amide bonds. The fourth-order valence-electron chi connectivity index (χ4n) is 1.62. The number of rotatable bonds is 6. The molecule has 0 aromatic heterocycles. The Bertz CT molecular complexity index is 223. The predicted molar refractivity (Wildman–Crippen MR) is 50.9 cm³/mol. The molecule has 82 valence electrons. The summed E-state index contributed by atoms with van der Waals surface area (Å²) in [5.74, 6) is -2.08. The highest BCUT2D eigenvalue weighted by molar-refractivity contribution is 5.77. The lowest BCUT2D eigenvalue weighted by Crippen LogP contribution is -2.48. The maximum Gasteiger partial charge on any atom is 0.311 e. The summed E-state index contributed by atoms with van der Waals surface area (Å²) in [5, 5.41) is 17.6. The molecule has 5 nitrogen and oxygen atoms in total. The molecule has 1 unspecified atom stereocenters. The second-order valence-electron chi connectivity index (χ2n) is 3.37. The van der Waals surface area contributed by atoms with Crippen LogP contribution in [0, 0.1) is 5.41 Å². The minimum atomic E-state index is -1.11. The smallest absolute Gasteiger partial charge is 0.311 e. The monoisotopic (exact) mass is 203 g/mol. The van der Waals surface area contributed by atoms with Crippen LogP contribution in [0.15, 0.2) is 0 Å². The summed E-state index contributed by atoms with van der Waals surface area (Å²) in [6.45, 7) is 3.42. The van der Waals surface area contributed by atoms with Gasteiger partial charge in [-0.3, -0.25) is 9.59 Å². The molecule has 5 heteroatoms. The van der Waals surface area contributed by atoms with Crippen LogP contribution in [0.2, 0.25) is 0 Å². The van der Waals surface area contributed by atoms with E-state index in [9.17, 15) is 9.59 Å². The van der Waals surface area contributed by atoms with Crippen LogP contribution in [0.4, 0.5) is 0 Å². The van der Waals surface area contributed by atoms with E-state index in [1.165, 1.54) is 0 Å². The average molecular weight is 203 g/mol. The van der Waals surface area contributed by atoms with Crippen molar-refractivity contribution in [2.24, 2.45) is 11.1 Å². The molecule has 0 saturated heterocycles. The Morgan fingerprint density at radius 2 is 1.71 bits per heavy atom. The molecular formula is C9H17NO4. The van der Waals surface area contributed by atoms with E-state index >= 15 is 0 Å². The lowest BCUT2D eigenvalue weighted by atomic mass is 9.74. The molecular weight excluding hydrogens is 186 g/mol. The van der Waals surface area contributed by atoms with Gasteiger partial charge in [-0.25, -0.2) is 0 Å². The van der Waals surface area contributed by atoms with Crippen LogP contribution in [0.25, 0.3) is 0 Å². The zero-order chi connectivity index (χ0) is 11.4. The number of hydrogen-bond acceptors (Lipinski definition) is 3. The lowest BCUT2D eigenvalue weighted by molar-refractivity contribution is -0.152. The van der Waals surface area contributed by atoms with Crippen LogP contribution in [0.1, 0.15) is 33.1 Å². The summed E-state index contributed by atoms with van der Waals surface area (Å²) in [4.78, 5) is 21.5. The van der Waals surface area contributed by atoms with E-state index in [1.807, 2.05) is 0 Å². The normalized spacial score (nSPS) is 13.6. The van der Waals surface area contributed by atoms with E-state index in [-0.39, 0.29) is 6.42 Å². The summed E-state index contributed by atoms with van der Waals surface area (Å²) < 4.78 is 0. The SMILES string of the molecule is CCC(CC)(C(=O)O)C(N)CC(=O)O. The maximum atomic E-state index is 11.0. The van der Waals surface area contributed by atoms with Gasteiger partial charge in [0.25, 0.3) is 0 Å². The Labute approximate surface area is 82.9 Å². The molecule has 0 aromatic carbocycles. The summed E-state index contributed by atoms with van der Waals surface area (Å²) in [5.41, 5.74) is 4.50. The van der Waals surface area contributed by atoms with Crippen molar-refractivity contribution in [2.45, 2.75) is 39.2 Å². The Morgan fingerprint density at radius 1 is 1.29 bits per heavy atom. The van der Waals surface area contributed by atoms with Gasteiger partial charge >= 0.3 is 11.9 Å². The highest BCUT2D eigenvalue weighted by atomic mass is 16.4. The van der Waals surface area contributed by atoms with Gasteiger partial charge in [0.15, 0.2) is 0 Å². The third kappa shape index (κ3) is 2.45. The molecule has 0 radical (unpaired) electrons. The molecule has 0 aromatic rings. The fraction of sp³-hybridized carbons (Fsp3) is 0.778. The topological polar surface area (TPSA) is 101 Å². The first-order valence-electron chi connectivity index (χ1n) is 4.61. The van der Waals surface area contributed by atoms with Crippen molar-refractivity contribution in [1.82, 2.24) is 0 Å². The van der Waals surface area contributed by atoms with Crippen LogP contribution < -0.4 is 5.73 Å². The van der Waals surface area contributed by atoms with E-state index in [4.69, 9.17) is 15.9 Å². The number of carboxylic acid groups (broad SMARTS) is 2. The van der Waals surface area contributed by atoms with Gasteiger partial charge in [0.2, 0.25) is 0 Å². The standard InChI is InChI=1S/C9H17NO4/c1-3-9(4-2,8(13)14)6(10)5-7(11)12/h6H,3-5,10H2,1-2H3,(H,11,12)(H,13,14). The van der Waals surface area contributed by atoms with Gasteiger partial charge in [-0.1, -0.05) is 13.8 Å². The number of carbonyl (C=O) groups is 2. The van der Waals surface area contributed by atoms with Crippen molar-refractivity contribution in [3.8, 4) is 0 Å². The predicted octanol–water partition coefficient (Wildman–Crippen LogP) is 0.679. The largest absolute Gasteiger partial charge is 0.481 e. The molecule has 0 fully saturated rings. The van der Waals surface area contributed by atoms with Crippen LogP contribution in [0.5, 0.6) is 0 Å². The van der Waals surface area contributed by atoms with Gasteiger partial charge in [0.05, 0.1) is 11.8 Å². The molecule has 0 heterocycles. The second kappa shape index (κ2) is 4.95. The van der Waals surface area contributed by atoms with Crippen molar-refractivity contribution < 1.29 is 19.8 Å². The van der Waals surface area contributed by atoms with Crippen molar-refractivity contribution in [3.05, 3.63) is 0 Å². The van der Waals surface area contributed by atoms with Crippen LogP contribution in [-0.2, 0) is 9.59 Å². The fourth-order valence-corrected chi connectivity index (χ4v) is 1.62. The molecule has 0 aliphatic rings. The summed E-state index contributed by atoms with van der Waals surface area (Å²) in [7, 11) is 0. The Morgan fingerprint density at radius 3 is 1.93 bits per heavy atom.